The van der Waals surface area contributed by atoms with Gasteiger partial charge in [-0.05, 0) is 39.8 Å². The number of halogens is 1. The van der Waals surface area contributed by atoms with Crippen LogP contribution >= 0.6 is 11.6 Å². The molecule has 2 aromatic heterocycles. The topological polar surface area (TPSA) is 57.0 Å². The summed E-state index contributed by atoms with van der Waals surface area (Å²) >= 11 is 6.19. The maximum Gasteiger partial charge on any atom is 0.130 e. The van der Waals surface area contributed by atoms with Crippen LogP contribution in [0.2, 0.25) is 5.02 Å². The van der Waals surface area contributed by atoms with Crippen molar-refractivity contribution in [3.05, 3.63) is 40.1 Å². The summed E-state index contributed by atoms with van der Waals surface area (Å²) in [5.41, 5.74) is 7.79. The van der Waals surface area contributed by atoms with E-state index in [2.05, 4.69) is 5.10 Å². The molecule has 2 aromatic rings. The molecule has 18 heavy (non-hydrogen) atoms. The smallest absolute Gasteiger partial charge is 0.130 e. The number of hydrogen-bond acceptors (Lipinski definition) is 3. The van der Waals surface area contributed by atoms with Crippen molar-refractivity contribution in [1.29, 1.82) is 0 Å². The van der Waals surface area contributed by atoms with Crippen LogP contribution in [0.25, 0.3) is 0 Å². The molecule has 0 radical (unpaired) electrons. The average Bonchev–Trinajstić information content (AvgIpc) is 2.80. The lowest BCUT2D eigenvalue weighted by Gasteiger charge is -2.20. The monoisotopic (exact) mass is 267 g/mol. The molecule has 2 atom stereocenters. The van der Waals surface area contributed by atoms with Gasteiger partial charge in [-0.2, -0.15) is 5.10 Å². The molecule has 0 saturated heterocycles. The fourth-order valence-corrected chi connectivity index (χ4v) is 2.25. The third-order valence-electron chi connectivity index (χ3n) is 3.05. The molecule has 5 heteroatoms. The largest absolute Gasteiger partial charge is 0.464 e. The molecule has 0 bridgehead atoms. The van der Waals surface area contributed by atoms with Gasteiger partial charge in [-0.15, -0.1) is 0 Å². The number of nitrogens with zero attached hydrogens (tertiary/aromatic N) is 2. The summed E-state index contributed by atoms with van der Waals surface area (Å²) in [6.45, 7) is 7.67. The van der Waals surface area contributed by atoms with Gasteiger partial charge in [0.25, 0.3) is 0 Å². The van der Waals surface area contributed by atoms with E-state index < -0.39 is 0 Å². The average molecular weight is 268 g/mol. The molecule has 0 fully saturated rings. The quantitative estimate of drug-likeness (QED) is 0.930. The predicted octanol–water partition coefficient (Wildman–Crippen LogP) is 2.99. The number of nitrogens with two attached hydrogens (primary N) is 1. The van der Waals surface area contributed by atoms with Gasteiger partial charge >= 0.3 is 0 Å². The van der Waals surface area contributed by atoms with Gasteiger partial charge < -0.3 is 10.2 Å². The van der Waals surface area contributed by atoms with E-state index in [9.17, 15) is 0 Å². The van der Waals surface area contributed by atoms with Gasteiger partial charge in [0.15, 0.2) is 0 Å². The van der Waals surface area contributed by atoms with E-state index in [1.54, 1.807) is 0 Å². The molecular weight excluding hydrogens is 250 g/mol. The Morgan fingerprint density at radius 1 is 1.33 bits per heavy atom. The Balaban J connectivity index is 2.51. The third-order valence-corrected chi connectivity index (χ3v) is 3.60. The number of furan rings is 1. The highest BCUT2D eigenvalue weighted by molar-refractivity contribution is 6.31. The van der Waals surface area contributed by atoms with Crippen LogP contribution in [0.15, 0.2) is 16.5 Å². The first-order valence-electron chi connectivity index (χ1n) is 5.95. The summed E-state index contributed by atoms with van der Waals surface area (Å²) in [6.07, 6.45) is 0. The Kier molecular flexibility index (Phi) is 3.50. The van der Waals surface area contributed by atoms with Crippen molar-refractivity contribution in [3.63, 3.8) is 0 Å². The van der Waals surface area contributed by atoms with E-state index in [4.69, 9.17) is 21.8 Å². The minimum atomic E-state index is -0.134. The lowest BCUT2D eigenvalue weighted by molar-refractivity contribution is 0.355. The second-order valence-electron chi connectivity index (χ2n) is 4.68. The molecule has 0 aliphatic carbocycles. The lowest BCUT2D eigenvalue weighted by Crippen LogP contribution is -2.31. The van der Waals surface area contributed by atoms with Crippen LogP contribution in [0.4, 0.5) is 0 Å². The fraction of sp³-hybridized carbons (Fsp3) is 0.462. The van der Waals surface area contributed by atoms with Gasteiger partial charge in [-0.25, -0.2) is 0 Å². The molecule has 2 unspecified atom stereocenters. The van der Waals surface area contributed by atoms with Gasteiger partial charge in [0.1, 0.15) is 17.6 Å². The summed E-state index contributed by atoms with van der Waals surface area (Å²) in [5, 5.41) is 5.15. The van der Waals surface area contributed by atoms with Crippen LogP contribution in [0.5, 0.6) is 0 Å². The van der Waals surface area contributed by atoms with Gasteiger partial charge in [0.2, 0.25) is 0 Å². The van der Waals surface area contributed by atoms with Crippen LogP contribution in [0.3, 0.4) is 0 Å². The predicted molar refractivity (Wildman–Crippen MR) is 71.9 cm³/mol. The van der Waals surface area contributed by atoms with E-state index in [1.165, 1.54) is 0 Å². The van der Waals surface area contributed by atoms with Crippen LogP contribution in [0.1, 0.15) is 35.9 Å². The van der Waals surface area contributed by atoms with Crippen molar-refractivity contribution >= 4 is 11.6 Å². The second kappa shape index (κ2) is 4.78. The zero-order chi connectivity index (χ0) is 13.4. The molecule has 0 spiro atoms. The number of aromatic nitrogens is 2. The minimum Gasteiger partial charge on any atom is -0.464 e. The van der Waals surface area contributed by atoms with Crippen LogP contribution in [0, 0.1) is 20.8 Å². The van der Waals surface area contributed by atoms with Crippen LogP contribution in [-0.2, 0) is 0 Å². The molecule has 2 N–H and O–H groups in total. The molecular formula is C13H18ClN3O. The zero-order valence-corrected chi connectivity index (χ0v) is 11.8. The first kappa shape index (κ1) is 13.2. The number of hydrogen-bond donors (Lipinski definition) is 1. The Hall–Kier alpha value is -1.26. The Bertz CT molecular complexity index is 557. The Morgan fingerprint density at radius 3 is 2.39 bits per heavy atom. The van der Waals surface area contributed by atoms with Gasteiger partial charge in [0.05, 0.1) is 16.4 Å². The van der Waals surface area contributed by atoms with Gasteiger partial charge in [-0.1, -0.05) is 11.6 Å². The van der Waals surface area contributed by atoms with E-state index in [0.29, 0.717) is 5.02 Å². The van der Waals surface area contributed by atoms with Crippen molar-refractivity contribution < 1.29 is 4.42 Å². The van der Waals surface area contributed by atoms with Crippen molar-refractivity contribution in [2.75, 3.05) is 0 Å². The molecule has 4 nitrogen and oxygen atoms in total. The molecule has 0 saturated carbocycles. The fourth-order valence-electron chi connectivity index (χ4n) is 2.13. The lowest BCUT2D eigenvalue weighted by atomic mass is 10.1. The normalized spacial score (nSPS) is 14.8. The van der Waals surface area contributed by atoms with E-state index in [0.717, 1.165) is 22.9 Å². The summed E-state index contributed by atoms with van der Waals surface area (Å²) in [5.74, 6) is 1.67. The molecule has 0 aromatic carbocycles. The summed E-state index contributed by atoms with van der Waals surface area (Å²) in [4.78, 5) is 0. The van der Waals surface area contributed by atoms with Crippen molar-refractivity contribution in [2.45, 2.75) is 39.8 Å². The highest BCUT2D eigenvalue weighted by atomic mass is 35.5. The van der Waals surface area contributed by atoms with Gasteiger partial charge in [0, 0.05) is 6.04 Å². The van der Waals surface area contributed by atoms with E-state index >= 15 is 0 Å². The molecule has 98 valence electrons. The molecule has 2 heterocycles. The first-order chi connectivity index (χ1) is 8.41. The Morgan fingerprint density at radius 2 is 2.00 bits per heavy atom. The summed E-state index contributed by atoms with van der Waals surface area (Å²) in [6, 6.07) is 3.61. The number of aryl methyl sites for hydroxylation is 2. The summed E-state index contributed by atoms with van der Waals surface area (Å²) in [7, 11) is 0. The van der Waals surface area contributed by atoms with E-state index in [-0.39, 0.29) is 12.1 Å². The SMILES string of the molecule is Cc1ccc(C(C(C)N)n2nc(C)c(Cl)c2C)o1. The zero-order valence-electron chi connectivity index (χ0n) is 11.1. The van der Waals surface area contributed by atoms with E-state index in [1.807, 2.05) is 44.5 Å². The highest BCUT2D eigenvalue weighted by Gasteiger charge is 2.25. The number of rotatable bonds is 3. The molecule has 2 rings (SSSR count). The summed E-state index contributed by atoms with van der Waals surface area (Å²) < 4.78 is 7.53. The van der Waals surface area contributed by atoms with Crippen molar-refractivity contribution in [2.24, 2.45) is 5.73 Å². The van der Waals surface area contributed by atoms with Crippen molar-refractivity contribution in [1.82, 2.24) is 9.78 Å². The van der Waals surface area contributed by atoms with Crippen LogP contribution < -0.4 is 5.73 Å². The Labute approximate surface area is 112 Å². The maximum atomic E-state index is 6.19. The third kappa shape index (κ3) is 2.18. The molecule has 0 aliphatic heterocycles. The molecule has 0 amide bonds. The second-order valence-corrected chi connectivity index (χ2v) is 5.06. The first-order valence-corrected chi connectivity index (χ1v) is 6.32. The van der Waals surface area contributed by atoms with Gasteiger partial charge in [-0.3, -0.25) is 4.68 Å². The van der Waals surface area contributed by atoms with Crippen LogP contribution in [-0.4, -0.2) is 15.8 Å². The standard InChI is InChI=1S/C13H18ClN3O/c1-7-5-6-11(18-7)13(8(2)15)17-10(4)12(14)9(3)16-17/h5-6,8,13H,15H2,1-4H3. The highest BCUT2D eigenvalue weighted by Crippen LogP contribution is 2.28. The minimum absolute atomic E-state index is 0.121. The van der Waals surface area contributed by atoms with Crippen molar-refractivity contribution in [3.8, 4) is 0 Å². The maximum absolute atomic E-state index is 6.19. The molecule has 0 aliphatic rings.